The number of rotatable bonds is 3. The van der Waals surface area contributed by atoms with E-state index in [1.807, 2.05) is 0 Å². The highest BCUT2D eigenvalue weighted by Crippen LogP contribution is 2.40. The van der Waals surface area contributed by atoms with E-state index >= 15 is 0 Å². The molecule has 20 heavy (non-hydrogen) atoms. The summed E-state index contributed by atoms with van der Waals surface area (Å²) in [5, 5.41) is 0. The molecule has 0 spiro atoms. The minimum absolute atomic E-state index is 0.0941. The highest BCUT2D eigenvalue weighted by molar-refractivity contribution is 5.29. The molecule has 1 fully saturated rings. The molecule has 0 radical (unpaired) electrons. The molecule has 3 nitrogen and oxygen atoms in total. The first kappa shape index (κ1) is 14.2. The van der Waals surface area contributed by atoms with E-state index in [1.165, 1.54) is 24.1 Å². The molecule has 1 aromatic rings. The molecular formula is C17H28N2O. The van der Waals surface area contributed by atoms with Gasteiger partial charge in [-0.3, -0.25) is 0 Å². The lowest BCUT2D eigenvalue weighted by molar-refractivity contribution is -0.0989. The fraction of sp³-hybridized carbons (Fsp3) is 0.765. The van der Waals surface area contributed by atoms with Crippen LogP contribution in [0.2, 0.25) is 0 Å². The molecule has 2 unspecified atom stereocenters. The highest BCUT2D eigenvalue weighted by atomic mass is 16.5. The molecule has 0 aromatic carbocycles. The summed E-state index contributed by atoms with van der Waals surface area (Å²) in [6.45, 7) is 5.41. The van der Waals surface area contributed by atoms with Crippen LogP contribution in [0.5, 0.6) is 0 Å². The summed E-state index contributed by atoms with van der Waals surface area (Å²) < 4.78 is 8.64. The predicted molar refractivity (Wildman–Crippen MR) is 81.8 cm³/mol. The van der Waals surface area contributed by atoms with Crippen molar-refractivity contribution < 1.29 is 4.74 Å². The molecule has 3 rings (SSSR count). The van der Waals surface area contributed by atoms with Crippen molar-refractivity contribution in [3.8, 4) is 0 Å². The zero-order chi connectivity index (χ0) is 14.2. The summed E-state index contributed by atoms with van der Waals surface area (Å²) in [4.78, 5) is 0. The van der Waals surface area contributed by atoms with Crippen LogP contribution in [-0.2, 0) is 11.2 Å². The van der Waals surface area contributed by atoms with E-state index in [1.54, 1.807) is 0 Å². The molecule has 0 bridgehead atoms. The largest absolute Gasteiger partial charge is 0.375 e. The molecule has 1 saturated heterocycles. The maximum atomic E-state index is 6.26. The second kappa shape index (κ2) is 5.53. The average molecular weight is 276 g/mol. The summed E-state index contributed by atoms with van der Waals surface area (Å²) in [5.41, 5.74) is 9.24. The van der Waals surface area contributed by atoms with Gasteiger partial charge in [-0.05, 0) is 56.6 Å². The van der Waals surface area contributed by atoms with Crippen LogP contribution in [0.4, 0.5) is 0 Å². The molecule has 0 amide bonds. The van der Waals surface area contributed by atoms with Crippen LogP contribution < -0.4 is 5.73 Å². The Morgan fingerprint density at radius 2 is 2.15 bits per heavy atom. The Bertz CT molecular complexity index is 462. The first-order valence-electron chi connectivity index (χ1n) is 8.28. The van der Waals surface area contributed by atoms with Crippen molar-refractivity contribution in [1.82, 2.24) is 4.57 Å². The lowest BCUT2D eigenvalue weighted by Gasteiger charge is -2.41. The Labute approximate surface area is 122 Å². The third-order valence-electron chi connectivity index (χ3n) is 5.54. The zero-order valence-corrected chi connectivity index (χ0v) is 12.9. The first-order chi connectivity index (χ1) is 9.69. The predicted octanol–water partition coefficient (Wildman–Crippen LogP) is 3.73. The minimum atomic E-state index is 0.0941. The molecule has 2 N–H and O–H groups in total. The Balaban J connectivity index is 1.86. The van der Waals surface area contributed by atoms with Crippen LogP contribution in [0.3, 0.4) is 0 Å². The molecule has 2 aliphatic rings. The van der Waals surface area contributed by atoms with Gasteiger partial charge in [0.05, 0.1) is 5.60 Å². The summed E-state index contributed by atoms with van der Waals surface area (Å²) in [6.07, 6.45) is 10.4. The average Bonchev–Trinajstić information content (AvgIpc) is 2.93. The van der Waals surface area contributed by atoms with Crippen molar-refractivity contribution >= 4 is 0 Å². The molecular weight excluding hydrogens is 248 g/mol. The molecule has 2 atom stereocenters. The van der Waals surface area contributed by atoms with Gasteiger partial charge < -0.3 is 15.0 Å². The summed E-state index contributed by atoms with van der Waals surface area (Å²) in [5.74, 6) is 0. The van der Waals surface area contributed by atoms with Gasteiger partial charge in [-0.15, -0.1) is 0 Å². The number of fused-ring (bicyclic) bond motifs is 1. The lowest BCUT2D eigenvalue weighted by Crippen LogP contribution is -2.39. The number of hydrogen-bond donors (Lipinski definition) is 1. The van der Waals surface area contributed by atoms with Gasteiger partial charge >= 0.3 is 0 Å². The van der Waals surface area contributed by atoms with Crippen molar-refractivity contribution in [2.24, 2.45) is 5.73 Å². The fourth-order valence-corrected chi connectivity index (χ4v) is 4.08. The van der Waals surface area contributed by atoms with Crippen molar-refractivity contribution in [2.45, 2.75) is 76.5 Å². The minimum Gasteiger partial charge on any atom is -0.375 e. The van der Waals surface area contributed by atoms with Crippen molar-refractivity contribution in [2.75, 3.05) is 6.61 Å². The van der Waals surface area contributed by atoms with Crippen LogP contribution in [0.25, 0.3) is 0 Å². The Morgan fingerprint density at radius 3 is 2.90 bits per heavy atom. The molecule has 1 aromatic heterocycles. The van der Waals surface area contributed by atoms with Crippen molar-refractivity contribution in [1.29, 1.82) is 0 Å². The Kier molecular flexibility index (Phi) is 3.91. The van der Waals surface area contributed by atoms with E-state index in [2.05, 4.69) is 30.7 Å². The quantitative estimate of drug-likeness (QED) is 0.913. The van der Waals surface area contributed by atoms with Crippen molar-refractivity contribution in [3.05, 3.63) is 23.5 Å². The molecule has 1 aliphatic carbocycles. The van der Waals surface area contributed by atoms with Crippen molar-refractivity contribution in [3.63, 3.8) is 0 Å². The van der Waals surface area contributed by atoms with Gasteiger partial charge in [0.15, 0.2) is 0 Å². The number of hydrogen-bond acceptors (Lipinski definition) is 2. The maximum Gasteiger partial charge on any atom is 0.0697 e. The SMILES string of the molecule is CCC1(CC)CC(n2ccc3c2CCCC3N)CCO1. The molecule has 112 valence electrons. The second-order valence-corrected chi connectivity index (χ2v) is 6.51. The molecule has 2 heterocycles. The summed E-state index contributed by atoms with van der Waals surface area (Å²) in [6, 6.07) is 3.11. The third kappa shape index (κ3) is 2.31. The second-order valence-electron chi connectivity index (χ2n) is 6.51. The Morgan fingerprint density at radius 1 is 1.35 bits per heavy atom. The van der Waals surface area contributed by atoms with Crippen LogP contribution in [0.15, 0.2) is 12.3 Å². The van der Waals surface area contributed by atoms with Gasteiger partial charge in [-0.1, -0.05) is 13.8 Å². The monoisotopic (exact) mass is 276 g/mol. The molecule has 1 aliphatic heterocycles. The van der Waals surface area contributed by atoms with E-state index in [9.17, 15) is 0 Å². The smallest absolute Gasteiger partial charge is 0.0697 e. The van der Waals surface area contributed by atoms with Crippen LogP contribution in [0, 0.1) is 0 Å². The van der Waals surface area contributed by atoms with Crippen LogP contribution >= 0.6 is 0 Å². The number of ether oxygens (including phenoxy) is 1. The summed E-state index contributed by atoms with van der Waals surface area (Å²) in [7, 11) is 0. The van der Waals surface area contributed by atoms with Gasteiger partial charge in [-0.25, -0.2) is 0 Å². The van der Waals surface area contributed by atoms with Gasteiger partial charge in [-0.2, -0.15) is 0 Å². The standard InChI is InChI=1S/C17H28N2O/c1-3-17(4-2)12-13(9-11-20-17)19-10-8-14-15(18)6-5-7-16(14)19/h8,10,13,15H,3-7,9,11-12,18H2,1-2H3. The van der Waals surface area contributed by atoms with Gasteiger partial charge in [0.2, 0.25) is 0 Å². The first-order valence-corrected chi connectivity index (χ1v) is 8.28. The topological polar surface area (TPSA) is 40.2 Å². The van der Waals surface area contributed by atoms with Crippen LogP contribution in [0.1, 0.15) is 75.7 Å². The normalized spacial score (nSPS) is 29.1. The Hall–Kier alpha value is -0.800. The number of nitrogens with zero attached hydrogens (tertiary/aromatic N) is 1. The van der Waals surface area contributed by atoms with Gasteiger partial charge in [0.1, 0.15) is 0 Å². The van der Waals surface area contributed by atoms with E-state index in [0.29, 0.717) is 6.04 Å². The highest BCUT2D eigenvalue weighted by Gasteiger charge is 2.36. The lowest BCUT2D eigenvalue weighted by atomic mass is 9.85. The van der Waals surface area contributed by atoms with E-state index < -0.39 is 0 Å². The van der Waals surface area contributed by atoms with E-state index in [0.717, 1.165) is 38.7 Å². The maximum absolute atomic E-state index is 6.26. The zero-order valence-electron chi connectivity index (χ0n) is 12.9. The number of nitrogens with two attached hydrogens (primary N) is 1. The number of aromatic nitrogens is 1. The van der Waals surface area contributed by atoms with Gasteiger partial charge in [0.25, 0.3) is 0 Å². The molecule has 0 saturated carbocycles. The van der Waals surface area contributed by atoms with E-state index in [-0.39, 0.29) is 11.6 Å². The third-order valence-corrected chi connectivity index (χ3v) is 5.54. The van der Waals surface area contributed by atoms with Gasteiger partial charge in [0, 0.05) is 30.6 Å². The molecule has 3 heteroatoms. The summed E-state index contributed by atoms with van der Waals surface area (Å²) >= 11 is 0. The fourth-order valence-electron chi connectivity index (χ4n) is 4.08. The van der Waals surface area contributed by atoms with Crippen LogP contribution in [-0.4, -0.2) is 16.8 Å². The van der Waals surface area contributed by atoms with E-state index in [4.69, 9.17) is 10.5 Å².